The second kappa shape index (κ2) is 7.54. The number of urea groups is 1. The van der Waals surface area contributed by atoms with Gasteiger partial charge in [0, 0.05) is 23.1 Å². The van der Waals surface area contributed by atoms with E-state index in [0.717, 1.165) is 30.1 Å². The van der Waals surface area contributed by atoms with Crippen molar-refractivity contribution >= 4 is 35.1 Å². The highest BCUT2D eigenvalue weighted by molar-refractivity contribution is 8.00. The van der Waals surface area contributed by atoms with Crippen LogP contribution in [0.1, 0.15) is 40.0 Å². The van der Waals surface area contributed by atoms with E-state index in [1.807, 2.05) is 11.8 Å². The molecule has 2 amide bonds. The van der Waals surface area contributed by atoms with Gasteiger partial charge in [0.25, 0.3) is 0 Å². The maximum Gasteiger partial charge on any atom is 0.315 e. The average molecular weight is 331 g/mol. The highest BCUT2D eigenvalue weighted by Crippen LogP contribution is 2.33. The number of fused-ring (bicyclic) bond motifs is 1. The highest BCUT2D eigenvalue weighted by atomic mass is 32.2. The van der Waals surface area contributed by atoms with E-state index in [-0.39, 0.29) is 6.03 Å². The van der Waals surface area contributed by atoms with Gasteiger partial charge in [0.1, 0.15) is 0 Å². The third-order valence-corrected chi connectivity index (χ3v) is 5.61. The SMILES string of the molecule is CC(C)NC(=S)NC(C)CCC[C@@H]1SC[C@@H]2NC(=O)N[C@@H]21. The van der Waals surface area contributed by atoms with Crippen LogP contribution >= 0.6 is 24.0 Å². The molecule has 0 aromatic heterocycles. The molecule has 0 aromatic rings. The molecule has 7 heteroatoms. The molecule has 2 aliphatic rings. The number of carbonyl (C=O) groups is 1. The molecule has 2 saturated heterocycles. The fourth-order valence-electron chi connectivity index (χ4n) is 2.87. The Morgan fingerprint density at radius 2 is 2.14 bits per heavy atom. The number of hydrogen-bond donors (Lipinski definition) is 4. The molecule has 4 N–H and O–H groups in total. The van der Waals surface area contributed by atoms with Crippen LogP contribution in [0.25, 0.3) is 0 Å². The number of rotatable bonds is 6. The fourth-order valence-corrected chi connectivity index (χ4v) is 4.85. The van der Waals surface area contributed by atoms with Crippen LogP contribution in [-0.2, 0) is 0 Å². The highest BCUT2D eigenvalue weighted by Gasteiger charge is 2.42. The summed E-state index contributed by atoms with van der Waals surface area (Å²) >= 11 is 7.23. The van der Waals surface area contributed by atoms with Crippen molar-refractivity contribution in [1.29, 1.82) is 0 Å². The summed E-state index contributed by atoms with van der Waals surface area (Å²) in [7, 11) is 0. The predicted octanol–water partition coefficient (Wildman–Crippen LogP) is 1.58. The van der Waals surface area contributed by atoms with Crippen molar-refractivity contribution in [2.24, 2.45) is 0 Å². The van der Waals surface area contributed by atoms with E-state index in [9.17, 15) is 4.79 Å². The lowest BCUT2D eigenvalue weighted by atomic mass is 10.0. The van der Waals surface area contributed by atoms with Crippen LogP contribution in [-0.4, -0.2) is 46.3 Å². The van der Waals surface area contributed by atoms with Crippen molar-refractivity contribution < 1.29 is 4.79 Å². The minimum atomic E-state index is -0.00422. The van der Waals surface area contributed by atoms with Crippen LogP contribution in [0.2, 0.25) is 0 Å². The maximum atomic E-state index is 11.3. The molecular weight excluding hydrogens is 304 g/mol. The van der Waals surface area contributed by atoms with E-state index in [4.69, 9.17) is 12.2 Å². The van der Waals surface area contributed by atoms with Gasteiger partial charge in [-0.05, 0) is 45.8 Å². The lowest BCUT2D eigenvalue weighted by molar-refractivity contribution is 0.247. The summed E-state index contributed by atoms with van der Waals surface area (Å²) in [6.45, 7) is 6.32. The molecule has 4 atom stereocenters. The molecule has 120 valence electrons. The third kappa shape index (κ3) is 4.92. The largest absolute Gasteiger partial charge is 0.361 e. The molecule has 0 radical (unpaired) electrons. The Morgan fingerprint density at radius 1 is 1.38 bits per heavy atom. The average Bonchev–Trinajstić information content (AvgIpc) is 2.88. The molecular formula is C14H26N4OS2. The third-order valence-electron chi connectivity index (χ3n) is 3.86. The smallest absolute Gasteiger partial charge is 0.315 e. The number of hydrogen-bond acceptors (Lipinski definition) is 3. The lowest BCUT2D eigenvalue weighted by Crippen LogP contribution is -2.43. The van der Waals surface area contributed by atoms with Gasteiger partial charge >= 0.3 is 6.03 Å². The van der Waals surface area contributed by atoms with Crippen LogP contribution in [0.5, 0.6) is 0 Å². The van der Waals surface area contributed by atoms with E-state index in [2.05, 4.69) is 42.0 Å². The number of nitrogens with one attached hydrogen (secondary N) is 4. The van der Waals surface area contributed by atoms with Gasteiger partial charge in [0.05, 0.1) is 12.1 Å². The Balaban J connectivity index is 1.63. The van der Waals surface area contributed by atoms with Gasteiger partial charge in [0.2, 0.25) is 0 Å². The van der Waals surface area contributed by atoms with Crippen molar-refractivity contribution in [3.05, 3.63) is 0 Å². The number of thioether (sulfide) groups is 1. The summed E-state index contributed by atoms with van der Waals surface area (Å²) in [4.78, 5) is 11.3. The van der Waals surface area contributed by atoms with E-state index in [1.165, 1.54) is 0 Å². The molecule has 0 aliphatic carbocycles. The molecule has 2 fully saturated rings. The normalized spacial score (nSPS) is 28.8. The molecule has 0 saturated carbocycles. The Kier molecular flexibility index (Phi) is 5.98. The zero-order valence-electron chi connectivity index (χ0n) is 12.9. The first-order chi connectivity index (χ1) is 9.95. The Labute approximate surface area is 136 Å². The molecule has 2 rings (SSSR count). The first-order valence-corrected chi connectivity index (χ1v) is 9.17. The minimum absolute atomic E-state index is 0.00422. The van der Waals surface area contributed by atoms with E-state index in [1.54, 1.807) is 0 Å². The van der Waals surface area contributed by atoms with Gasteiger partial charge in [-0.25, -0.2) is 4.79 Å². The van der Waals surface area contributed by atoms with Crippen LogP contribution in [0, 0.1) is 0 Å². The molecule has 21 heavy (non-hydrogen) atoms. The quantitative estimate of drug-likeness (QED) is 0.440. The first kappa shape index (κ1) is 16.7. The second-order valence-electron chi connectivity index (χ2n) is 6.23. The van der Waals surface area contributed by atoms with Crippen molar-refractivity contribution in [3.63, 3.8) is 0 Å². The van der Waals surface area contributed by atoms with E-state index < -0.39 is 0 Å². The Hall–Kier alpha value is -0.690. The molecule has 0 spiro atoms. The van der Waals surface area contributed by atoms with Gasteiger partial charge in [-0.1, -0.05) is 6.42 Å². The van der Waals surface area contributed by atoms with Gasteiger partial charge in [-0.2, -0.15) is 11.8 Å². The van der Waals surface area contributed by atoms with E-state index in [0.29, 0.717) is 29.4 Å². The van der Waals surface area contributed by atoms with Gasteiger partial charge in [0.15, 0.2) is 5.11 Å². The molecule has 0 bridgehead atoms. The summed E-state index contributed by atoms with van der Waals surface area (Å²) in [6.07, 6.45) is 3.38. The zero-order chi connectivity index (χ0) is 15.4. The summed E-state index contributed by atoms with van der Waals surface area (Å²) < 4.78 is 0. The second-order valence-corrected chi connectivity index (χ2v) is 7.91. The summed E-state index contributed by atoms with van der Waals surface area (Å²) in [5, 5.41) is 13.8. The number of amides is 2. The predicted molar refractivity (Wildman–Crippen MR) is 92.8 cm³/mol. The lowest BCUT2D eigenvalue weighted by Gasteiger charge is -2.20. The van der Waals surface area contributed by atoms with Crippen molar-refractivity contribution in [2.45, 2.75) is 69.5 Å². The number of carbonyl (C=O) groups excluding carboxylic acids is 1. The maximum absolute atomic E-state index is 11.3. The van der Waals surface area contributed by atoms with E-state index >= 15 is 0 Å². The Bertz CT molecular complexity index is 391. The van der Waals surface area contributed by atoms with Crippen LogP contribution in [0.15, 0.2) is 0 Å². The minimum Gasteiger partial charge on any atom is -0.361 e. The molecule has 2 heterocycles. The van der Waals surface area contributed by atoms with Gasteiger partial charge in [-0.15, -0.1) is 0 Å². The summed E-state index contributed by atoms with van der Waals surface area (Å²) in [5.41, 5.74) is 0. The Morgan fingerprint density at radius 3 is 2.86 bits per heavy atom. The molecule has 1 unspecified atom stereocenters. The van der Waals surface area contributed by atoms with Crippen molar-refractivity contribution in [1.82, 2.24) is 21.3 Å². The van der Waals surface area contributed by atoms with Crippen LogP contribution < -0.4 is 21.3 Å². The fraction of sp³-hybridized carbons (Fsp3) is 0.857. The summed E-state index contributed by atoms with van der Waals surface area (Å²) in [6, 6.07) is 1.38. The monoisotopic (exact) mass is 330 g/mol. The number of thiocarbonyl (C=S) groups is 1. The van der Waals surface area contributed by atoms with Crippen molar-refractivity contribution in [3.8, 4) is 0 Å². The molecule has 2 aliphatic heterocycles. The topological polar surface area (TPSA) is 65.2 Å². The molecule has 0 aromatic carbocycles. The van der Waals surface area contributed by atoms with Gasteiger partial charge in [-0.3, -0.25) is 0 Å². The van der Waals surface area contributed by atoms with Crippen LogP contribution in [0.4, 0.5) is 4.79 Å². The van der Waals surface area contributed by atoms with Gasteiger partial charge < -0.3 is 21.3 Å². The summed E-state index contributed by atoms with van der Waals surface area (Å²) in [5.74, 6) is 1.03. The van der Waals surface area contributed by atoms with Crippen molar-refractivity contribution in [2.75, 3.05) is 5.75 Å². The standard InChI is InChI=1S/C14H26N4OS2/c1-8(2)15-14(20)16-9(3)5-4-6-11-12-10(7-21-11)17-13(19)18-12/h8-12H,4-7H2,1-3H3,(H2,15,16,20)(H2,17,18,19)/t9?,10-,11-,12-/m0/s1. The molecule has 5 nitrogen and oxygen atoms in total. The zero-order valence-corrected chi connectivity index (χ0v) is 14.6. The first-order valence-electron chi connectivity index (χ1n) is 7.71. The van der Waals surface area contributed by atoms with Crippen LogP contribution in [0.3, 0.4) is 0 Å².